The van der Waals surface area contributed by atoms with Gasteiger partial charge < -0.3 is 29.5 Å². The Morgan fingerprint density at radius 1 is 1.29 bits per heavy atom. The molecule has 2 rings (SSSR count). The molecule has 2 amide bonds. The van der Waals surface area contributed by atoms with Gasteiger partial charge in [-0.15, -0.1) is 0 Å². The van der Waals surface area contributed by atoms with E-state index >= 15 is 0 Å². The van der Waals surface area contributed by atoms with Crippen LogP contribution in [0.4, 0.5) is 0 Å². The summed E-state index contributed by atoms with van der Waals surface area (Å²) in [5.41, 5.74) is 0.328. The van der Waals surface area contributed by atoms with E-state index in [0.29, 0.717) is 23.6 Å². The summed E-state index contributed by atoms with van der Waals surface area (Å²) in [5, 5.41) is 11.9. The molecule has 1 heterocycles. The monoisotopic (exact) mass is 394 g/mol. The minimum Gasteiger partial charge on any atom is -0.493 e. The molecule has 0 radical (unpaired) electrons. The first-order valence-electron chi connectivity index (χ1n) is 8.99. The fourth-order valence-corrected chi connectivity index (χ4v) is 2.86. The number of ether oxygens (including phenoxy) is 3. The first-order valence-corrected chi connectivity index (χ1v) is 8.99. The van der Waals surface area contributed by atoms with Crippen molar-refractivity contribution in [2.75, 3.05) is 26.8 Å². The summed E-state index contributed by atoms with van der Waals surface area (Å²) in [4.78, 5) is 37.2. The van der Waals surface area contributed by atoms with Gasteiger partial charge in [-0.2, -0.15) is 0 Å². The molecule has 0 bridgehead atoms. The number of rotatable bonds is 7. The number of amides is 2. The number of hydrogen-bond donors (Lipinski definition) is 2. The van der Waals surface area contributed by atoms with Crippen molar-refractivity contribution in [1.82, 2.24) is 10.2 Å². The van der Waals surface area contributed by atoms with Crippen LogP contribution < -0.4 is 14.8 Å². The van der Waals surface area contributed by atoms with E-state index in [0.717, 1.165) is 0 Å². The topological polar surface area (TPSA) is 114 Å². The van der Waals surface area contributed by atoms with Crippen molar-refractivity contribution < 1.29 is 33.7 Å². The molecule has 0 aromatic heterocycles. The van der Waals surface area contributed by atoms with Crippen LogP contribution in [0.25, 0.3) is 0 Å². The number of carboxylic acids is 1. The van der Waals surface area contributed by atoms with Crippen molar-refractivity contribution in [2.24, 2.45) is 0 Å². The van der Waals surface area contributed by atoms with Crippen LogP contribution >= 0.6 is 0 Å². The van der Waals surface area contributed by atoms with E-state index < -0.39 is 12.1 Å². The highest BCUT2D eigenvalue weighted by Gasteiger charge is 2.33. The number of benzene rings is 1. The Bertz CT molecular complexity index is 735. The van der Waals surface area contributed by atoms with Crippen LogP contribution in [0.15, 0.2) is 18.2 Å². The highest BCUT2D eigenvalue weighted by molar-refractivity contribution is 5.95. The Hall–Kier alpha value is -2.81. The maximum atomic E-state index is 12.8. The number of hydrogen-bond acceptors (Lipinski definition) is 6. The van der Waals surface area contributed by atoms with E-state index in [1.54, 1.807) is 19.1 Å². The summed E-state index contributed by atoms with van der Waals surface area (Å²) in [6.45, 7) is 5.49. The second-order valence-electron chi connectivity index (χ2n) is 6.86. The largest absolute Gasteiger partial charge is 0.493 e. The zero-order valence-electron chi connectivity index (χ0n) is 16.4. The Kier molecular flexibility index (Phi) is 7.22. The Morgan fingerprint density at radius 3 is 2.61 bits per heavy atom. The normalized spacial score (nSPS) is 19.2. The van der Waals surface area contributed by atoms with Gasteiger partial charge in [0.15, 0.2) is 24.2 Å². The molecule has 0 spiro atoms. The van der Waals surface area contributed by atoms with Gasteiger partial charge in [0, 0.05) is 18.2 Å². The van der Waals surface area contributed by atoms with E-state index in [-0.39, 0.29) is 37.1 Å². The van der Waals surface area contributed by atoms with Gasteiger partial charge in [0.25, 0.3) is 11.8 Å². The second kappa shape index (κ2) is 9.41. The fraction of sp³-hybridized carbons (Fsp3) is 0.526. The smallest absolute Gasteiger partial charge is 0.334 e. The van der Waals surface area contributed by atoms with Crippen molar-refractivity contribution in [3.8, 4) is 11.5 Å². The SMILES string of the molecule is COc1cc(C(=O)N2CC(C(=O)O)O[C@H](C)C2)ccc1OCC(=O)NC(C)C. The van der Waals surface area contributed by atoms with Crippen molar-refractivity contribution in [3.63, 3.8) is 0 Å². The third-order valence-electron chi connectivity index (χ3n) is 4.04. The lowest BCUT2D eigenvalue weighted by atomic mass is 10.1. The zero-order chi connectivity index (χ0) is 20.8. The molecule has 1 aliphatic rings. The minimum atomic E-state index is -1.11. The number of carbonyl (C=O) groups excluding carboxylic acids is 2. The van der Waals surface area contributed by atoms with E-state index in [1.165, 1.54) is 18.1 Å². The van der Waals surface area contributed by atoms with Crippen LogP contribution in [0.3, 0.4) is 0 Å². The number of nitrogens with one attached hydrogen (secondary N) is 1. The molecule has 1 saturated heterocycles. The van der Waals surface area contributed by atoms with Gasteiger partial charge in [0.1, 0.15) is 0 Å². The van der Waals surface area contributed by atoms with Crippen LogP contribution in [0, 0.1) is 0 Å². The van der Waals surface area contributed by atoms with E-state index in [4.69, 9.17) is 14.2 Å². The van der Waals surface area contributed by atoms with Crippen molar-refractivity contribution in [2.45, 2.75) is 39.0 Å². The summed E-state index contributed by atoms with van der Waals surface area (Å²) in [6.07, 6.45) is -1.44. The lowest BCUT2D eigenvalue weighted by Crippen LogP contribution is -2.51. The van der Waals surface area contributed by atoms with Gasteiger partial charge in [-0.25, -0.2) is 4.79 Å². The number of carbonyl (C=O) groups is 3. The highest BCUT2D eigenvalue weighted by atomic mass is 16.5. The number of aliphatic carboxylic acids is 1. The van der Waals surface area contributed by atoms with Gasteiger partial charge in [-0.05, 0) is 39.0 Å². The number of carboxylic acid groups (broad SMARTS) is 1. The molecule has 9 nitrogen and oxygen atoms in total. The van der Waals surface area contributed by atoms with Crippen molar-refractivity contribution >= 4 is 17.8 Å². The molecule has 2 N–H and O–H groups in total. The van der Waals surface area contributed by atoms with Gasteiger partial charge in [-0.3, -0.25) is 9.59 Å². The predicted molar refractivity (Wildman–Crippen MR) is 99.6 cm³/mol. The standard InChI is InChI=1S/C19H26N2O7/c1-11(2)20-17(22)10-27-14-6-5-13(7-15(14)26-4)18(23)21-8-12(3)28-16(9-21)19(24)25/h5-7,11-12,16H,8-10H2,1-4H3,(H,20,22)(H,24,25)/t12-,16?/m1/s1. The maximum Gasteiger partial charge on any atom is 0.334 e. The average Bonchev–Trinajstić information content (AvgIpc) is 2.64. The summed E-state index contributed by atoms with van der Waals surface area (Å²) in [7, 11) is 1.43. The maximum absolute atomic E-state index is 12.8. The van der Waals surface area contributed by atoms with Gasteiger partial charge in [-0.1, -0.05) is 0 Å². The van der Waals surface area contributed by atoms with Crippen LogP contribution in [0.2, 0.25) is 0 Å². The molecule has 9 heteroatoms. The first-order chi connectivity index (χ1) is 13.2. The molecule has 154 valence electrons. The lowest BCUT2D eigenvalue weighted by molar-refractivity contribution is -0.160. The van der Waals surface area contributed by atoms with E-state index in [2.05, 4.69) is 5.32 Å². The van der Waals surface area contributed by atoms with E-state index in [9.17, 15) is 19.5 Å². The highest BCUT2D eigenvalue weighted by Crippen LogP contribution is 2.29. The van der Waals surface area contributed by atoms with Gasteiger partial charge in [0.2, 0.25) is 0 Å². The molecule has 1 fully saturated rings. The Morgan fingerprint density at radius 2 is 2.00 bits per heavy atom. The molecule has 1 aromatic rings. The summed E-state index contributed by atoms with van der Waals surface area (Å²) < 4.78 is 16.1. The molecule has 1 unspecified atom stereocenters. The summed E-state index contributed by atoms with van der Waals surface area (Å²) in [5.74, 6) is -1.07. The van der Waals surface area contributed by atoms with Crippen LogP contribution in [-0.2, 0) is 14.3 Å². The second-order valence-corrected chi connectivity index (χ2v) is 6.86. The average molecular weight is 394 g/mol. The predicted octanol–water partition coefficient (Wildman–Crippen LogP) is 0.913. The molecule has 0 aliphatic carbocycles. The quantitative estimate of drug-likeness (QED) is 0.706. The number of nitrogens with zero attached hydrogens (tertiary/aromatic N) is 1. The number of methoxy groups -OCH3 is 1. The third kappa shape index (κ3) is 5.59. The van der Waals surface area contributed by atoms with Crippen molar-refractivity contribution in [3.05, 3.63) is 23.8 Å². The molecule has 0 saturated carbocycles. The third-order valence-corrected chi connectivity index (χ3v) is 4.04. The Labute approximate surface area is 163 Å². The van der Waals surface area contributed by atoms with Crippen LogP contribution in [0.5, 0.6) is 11.5 Å². The van der Waals surface area contributed by atoms with E-state index in [1.807, 2.05) is 13.8 Å². The molecule has 28 heavy (non-hydrogen) atoms. The number of morpholine rings is 1. The van der Waals surface area contributed by atoms with Crippen molar-refractivity contribution in [1.29, 1.82) is 0 Å². The molecule has 2 atom stereocenters. The summed E-state index contributed by atoms with van der Waals surface area (Å²) >= 11 is 0. The Balaban J connectivity index is 2.10. The minimum absolute atomic E-state index is 0.00327. The molecular weight excluding hydrogens is 368 g/mol. The first kappa shape index (κ1) is 21.5. The van der Waals surface area contributed by atoms with Crippen LogP contribution in [0.1, 0.15) is 31.1 Å². The summed E-state index contributed by atoms with van der Waals surface area (Å²) in [6, 6.07) is 4.61. The molecule has 1 aromatic carbocycles. The molecular formula is C19H26N2O7. The van der Waals surface area contributed by atoms with Crippen LogP contribution in [-0.4, -0.2) is 72.8 Å². The lowest BCUT2D eigenvalue weighted by Gasteiger charge is -2.35. The van der Waals surface area contributed by atoms with Gasteiger partial charge >= 0.3 is 5.97 Å². The fourth-order valence-electron chi connectivity index (χ4n) is 2.86. The zero-order valence-corrected chi connectivity index (χ0v) is 16.4. The van der Waals surface area contributed by atoms with Gasteiger partial charge in [0.05, 0.1) is 19.8 Å². The molecule has 1 aliphatic heterocycles.